The van der Waals surface area contributed by atoms with Gasteiger partial charge in [-0.3, -0.25) is 24.6 Å². The molecule has 9 heteroatoms. The number of carbonyl (C=O) groups is 3. The lowest BCUT2D eigenvalue weighted by molar-refractivity contribution is -0.384. The number of non-ortho nitro benzene ring substituents is 1. The molecular weight excluding hydrogens is 340 g/mol. The SMILES string of the molecule is C[C@]1(c2ccc([N+](=O)[O-])cc2)NC(=O)N(CC(=O)NC2CCCC2)C1=O. The second-order valence-corrected chi connectivity index (χ2v) is 6.80. The molecule has 1 aromatic carbocycles. The molecule has 0 spiro atoms. The summed E-state index contributed by atoms with van der Waals surface area (Å²) < 4.78 is 0. The minimum atomic E-state index is -1.36. The smallest absolute Gasteiger partial charge is 0.325 e. The van der Waals surface area contributed by atoms with Crippen LogP contribution in [0, 0.1) is 10.1 Å². The van der Waals surface area contributed by atoms with E-state index in [0.717, 1.165) is 30.6 Å². The quantitative estimate of drug-likeness (QED) is 0.467. The molecule has 2 aliphatic rings. The lowest BCUT2D eigenvalue weighted by Gasteiger charge is -2.22. The van der Waals surface area contributed by atoms with Crippen LogP contribution in [0.3, 0.4) is 0 Å². The van der Waals surface area contributed by atoms with E-state index in [1.165, 1.54) is 31.2 Å². The summed E-state index contributed by atoms with van der Waals surface area (Å²) in [5, 5.41) is 16.2. The minimum absolute atomic E-state index is 0.101. The van der Waals surface area contributed by atoms with E-state index in [9.17, 15) is 24.5 Å². The highest BCUT2D eigenvalue weighted by Crippen LogP contribution is 2.30. The third-order valence-electron chi connectivity index (χ3n) is 4.95. The molecule has 0 radical (unpaired) electrons. The number of nitro groups is 1. The van der Waals surface area contributed by atoms with Crippen LogP contribution in [0.5, 0.6) is 0 Å². The summed E-state index contributed by atoms with van der Waals surface area (Å²) in [5.41, 5.74) is -1.05. The number of nitrogens with one attached hydrogen (secondary N) is 2. The van der Waals surface area contributed by atoms with E-state index in [1.54, 1.807) is 0 Å². The van der Waals surface area contributed by atoms with E-state index in [2.05, 4.69) is 10.6 Å². The topological polar surface area (TPSA) is 122 Å². The number of nitrogens with zero attached hydrogens (tertiary/aromatic N) is 2. The van der Waals surface area contributed by atoms with Gasteiger partial charge in [0.25, 0.3) is 11.6 Å². The Hall–Kier alpha value is -2.97. The second-order valence-electron chi connectivity index (χ2n) is 6.80. The Balaban J connectivity index is 1.72. The number of carbonyl (C=O) groups excluding carboxylic acids is 3. The molecule has 0 bridgehead atoms. The molecule has 138 valence electrons. The molecule has 1 saturated heterocycles. The molecule has 3 rings (SSSR count). The lowest BCUT2D eigenvalue weighted by Crippen LogP contribution is -2.45. The van der Waals surface area contributed by atoms with Gasteiger partial charge in [0.15, 0.2) is 0 Å². The summed E-state index contributed by atoms with van der Waals surface area (Å²) in [4.78, 5) is 48.2. The van der Waals surface area contributed by atoms with Crippen molar-refractivity contribution >= 4 is 23.5 Å². The maximum Gasteiger partial charge on any atom is 0.325 e. The Morgan fingerprint density at radius 2 is 1.92 bits per heavy atom. The van der Waals surface area contributed by atoms with Gasteiger partial charge in [-0.15, -0.1) is 0 Å². The van der Waals surface area contributed by atoms with Gasteiger partial charge in [0, 0.05) is 18.2 Å². The number of imide groups is 1. The molecule has 1 heterocycles. The van der Waals surface area contributed by atoms with Gasteiger partial charge in [-0.2, -0.15) is 0 Å². The summed E-state index contributed by atoms with van der Waals surface area (Å²) in [6, 6.07) is 4.85. The van der Waals surface area contributed by atoms with Gasteiger partial charge in [0.05, 0.1) is 4.92 Å². The molecule has 0 unspecified atom stereocenters. The van der Waals surface area contributed by atoms with Gasteiger partial charge in [-0.1, -0.05) is 12.8 Å². The van der Waals surface area contributed by atoms with Gasteiger partial charge in [0.2, 0.25) is 5.91 Å². The van der Waals surface area contributed by atoms with Gasteiger partial charge in [0.1, 0.15) is 12.1 Å². The van der Waals surface area contributed by atoms with Crippen molar-refractivity contribution in [1.29, 1.82) is 0 Å². The van der Waals surface area contributed by atoms with E-state index >= 15 is 0 Å². The van der Waals surface area contributed by atoms with Crippen LogP contribution in [0.15, 0.2) is 24.3 Å². The first-order valence-electron chi connectivity index (χ1n) is 8.49. The Labute approximate surface area is 149 Å². The average molecular weight is 360 g/mol. The predicted octanol–water partition coefficient (Wildman–Crippen LogP) is 1.42. The monoisotopic (exact) mass is 360 g/mol. The molecule has 1 saturated carbocycles. The molecule has 1 atom stereocenters. The number of hydrogen-bond donors (Lipinski definition) is 2. The Morgan fingerprint density at radius 3 is 2.50 bits per heavy atom. The number of amides is 4. The summed E-state index contributed by atoms with van der Waals surface area (Å²) in [6.07, 6.45) is 3.94. The minimum Gasteiger partial charge on any atom is -0.352 e. The molecule has 1 aliphatic heterocycles. The zero-order valence-corrected chi connectivity index (χ0v) is 14.4. The van der Waals surface area contributed by atoms with Crippen LogP contribution in [0.2, 0.25) is 0 Å². The molecule has 4 amide bonds. The third-order valence-corrected chi connectivity index (χ3v) is 4.95. The number of rotatable bonds is 5. The number of hydrogen-bond acceptors (Lipinski definition) is 5. The first-order chi connectivity index (χ1) is 12.3. The van der Waals surface area contributed by atoms with Crippen molar-refractivity contribution in [2.24, 2.45) is 0 Å². The van der Waals surface area contributed by atoms with Gasteiger partial charge >= 0.3 is 6.03 Å². The Bertz CT molecular complexity index is 757. The second kappa shape index (κ2) is 6.74. The average Bonchev–Trinajstić information content (AvgIpc) is 3.18. The Morgan fingerprint density at radius 1 is 1.31 bits per heavy atom. The van der Waals surface area contributed by atoms with Crippen LogP contribution >= 0.6 is 0 Å². The zero-order chi connectivity index (χ0) is 18.9. The highest BCUT2D eigenvalue weighted by Gasteiger charge is 2.49. The molecule has 1 aromatic rings. The number of nitro benzene ring substituents is 1. The van der Waals surface area contributed by atoms with E-state index in [0.29, 0.717) is 5.56 Å². The van der Waals surface area contributed by atoms with Crippen LogP contribution in [0.4, 0.5) is 10.5 Å². The molecule has 1 aliphatic carbocycles. The maximum absolute atomic E-state index is 12.8. The van der Waals surface area contributed by atoms with Crippen molar-refractivity contribution in [3.05, 3.63) is 39.9 Å². The van der Waals surface area contributed by atoms with Crippen molar-refractivity contribution in [2.75, 3.05) is 6.54 Å². The summed E-state index contributed by atoms with van der Waals surface area (Å²) in [5.74, 6) is -0.925. The standard InChI is InChI=1S/C17H20N4O5/c1-17(11-6-8-13(9-7-11)21(25)26)15(23)20(16(24)19-17)10-14(22)18-12-4-2-3-5-12/h6-9,12H,2-5,10H2,1H3,(H,18,22)(H,19,24)/t17-/m1/s1. The van der Waals surface area contributed by atoms with Gasteiger partial charge in [-0.05, 0) is 37.5 Å². The normalized spacial score (nSPS) is 23.2. The largest absolute Gasteiger partial charge is 0.352 e. The van der Waals surface area contributed by atoms with E-state index < -0.39 is 22.4 Å². The van der Waals surface area contributed by atoms with Gasteiger partial charge < -0.3 is 10.6 Å². The molecule has 9 nitrogen and oxygen atoms in total. The third kappa shape index (κ3) is 3.24. The fourth-order valence-electron chi connectivity index (χ4n) is 3.44. The highest BCUT2D eigenvalue weighted by molar-refractivity contribution is 6.09. The number of benzene rings is 1. The molecule has 0 aromatic heterocycles. The number of urea groups is 1. The van der Waals surface area contributed by atoms with Crippen molar-refractivity contribution in [3.63, 3.8) is 0 Å². The van der Waals surface area contributed by atoms with E-state index in [4.69, 9.17) is 0 Å². The van der Waals surface area contributed by atoms with Crippen LogP contribution in [0.1, 0.15) is 38.2 Å². The van der Waals surface area contributed by atoms with Crippen LogP contribution in [-0.4, -0.2) is 40.3 Å². The summed E-state index contributed by atoms with van der Waals surface area (Å²) in [7, 11) is 0. The fourth-order valence-corrected chi connectivity index (χ4v) is 3.44. The van der Waals surface area contributed by atoms with Gasteiger partial charge in [-0.25, -0.2) is 4.79 Å². The van der Waals surface area contributed by atoms with Crippen molar-refractivity contribution in [2.45, 2.75) is 44.2 Å². The Kier molecular flexibility index (Phi) is 4.62. The fraction of sp³-hybridized carbons (Fsp3) is 0.471. The van der Waals surface area contributed by atoms with Crippen molar-refractivity contribution in [3.8, 4) is 0 Å². The maximum atomic E-state index is 12.8. The van der Waals surface area contributed by atoms with Crippen LogP contribution < -0.4 is 10.6 Å². The zero-order valence-electron chi connectivity index (χ0n) is 14.4. The first kappa shape index (κ1) is 17.8. The summed E-state index contributed by atoms with van der Waals surface area (Å²) in [6.45, 7) is 1.17. The first-order valence-corrected chi connectivity index (χ1v) is 8.49. The highest BCUT2D eigenvalue weighted by atomic mass is 16.6. The van der Waals surface area contributed by atoms with Crippen molar-refractivity contribution in [1.82, 2.24) is 15.5 Å². The van der Waals surface area contributed by atoms with Crippen molar-refractivity contribution < 1.29 is 19.3 Å². The molecular formula is C17H20N4O5. The molecule has 2 N–H and O–H groups in total. The van der Waals surface area contributed by atoms with Crippen LogP contribution in [0.25, 0.3) is 0 Å². The van der Waals surface area contributed by atoms with E-state index in [-0.39, 0.29) is 24.2 Å². The summed E-state index contributed by atoms with van der Waals surface area (Å²) >= 11 is 0. The van der Waals surface area contributed by atoms with E-state index in [1.807, 2.05) is 0 Å². The lowest BCUT2D eigenvalue weighted by atomic mass is 9.92. The van der Waals surface area contributed by atoms with Crippen LogP contribution in [-0.2, 0) is 15.1 Å². The molecule has 26 heavy (non-hydrogen) atoms. The molecule has 2 fully saturated rings. The predicted molar refractivity (Wildman–Crippen MR) is 91.1 cm³/mol.